The molecule has 0 bridgehead atoms. The molecule has 15 heavy (non-hydrogen) atoms. The van der Waals surface area contributed by atoms with Gasteiger partial charge in [0.2, 0.25) is 0 Å². The molecule has 2 aliphatic rings. The molecule has 0 amide bonds. The van der Waals surface area contributed by atoms with E-state index < -0.39 is 0 Å². The molecular formula is C12H24N2O. The molecular weight excluding hydrogens is 188 g/mol. The summed E-state index contributed by atoms with van der Waals surface area (Å²) in [5.41, 5.74) is 0.456. The molecule has 0 spiro atoms. The maximum absolute atomic E-state index is 5.55. The molecule has 0 aromatic rings. The van der Waals surface area contributed by atoms with E-state index in [2.05, 4.69) is 24.5 Å². The van der Waals surface area contributed by atoms with E-state index in [1.807, 2.05) is 0 Å². The van der Waals surface area contributed by atoms with E-state index >= 15 is 0 Å². The van der Waals surface area contributed by atoms with E-state index in [1.54, 1.807) is 0 Å². The fraction of sp³-hybridized carbons (Fsp3) is 1.00. The number of ether oxygens (including phenoxy) is 1. The fourth-order valence-electron chi connectivity index (χ4n) is 2.10. The quantitative estimate of drug-likeness (QED) is 0.693. The first-order valence-electron chi connectivity index (χ1n) is 6.30. The van der Waals surface area contributed by atoms with Crippen LogP contribution in [-0.4, -0.2) is 37.9 Å². The lowest BCUT2D eigenvalue weighted by Gasteiger charge is -2.21. The van der Waals surface area contributed by atoms with Crippen LogP contribution in [0.3, 0.4) is 0 Å². The molecule has 88 valence electrons. The molecule has 0 aromatic carbocycles. The van der Waals surface area contributed by atoms with Crippen LogP contribution in [0.15, 0.2) is 0 Å². The Labute approximate surface area is 93.0 Å². The Bertz CT molecular complexity index is 204. The molecule has 3 nitrogen and oxygen atoms in total. The predicted octanol–water partition coefficient (Wildman–Crippen LogP) is 1.14. The number of hydrogen-bond donors (Lipinski definition) is 2. The van der Waals surface area contributed by atoms with Crippen molar-refractivity contribution in [1.29, 1.82) is 0 Å². The van der Waals surface area contributed by atoms with Crippen molar-refractivity contribution in [2.75, 3.05) is 26.3 Å². The van der Waals surface area contributed by atoms with Gasteiger partial charge in [-0.25, -0.2) is 0 Å². The Morgan fingerprint density at radius 2 is 2.13 bits per heavy atom. The van der Waals surface area contributed by atoms with Crippen molar-refractivity contribution in [2.24, 2.45) is 5.92 Å². The highest BCUT2D eigenvalue weighted by Gasteiger charge is 2.38. The Kier molecular flexibility index (Phi) is 3.65. The van der Waals surface area contributed by atoms with Crippen LogP contribution in [0.25, 0.3) is 0 Å². The average molecular weight is 212 g/mol. The summed E-state index contributed by atoms with van der Waals surface area (Å²) in [6, 6.07) is 0.569. The normalized spacial score (nSPS) is 33.2. The van der Waals surface area contributed by atoms with Crippen molar-refractivity contribution in [1.82, 2.24) is 10.6 Å². The largest absolute Gasteiger partial charge is 0.379 e. The second-order valence-corrected chi connectivity index (χ2v) is 5.30. The molecule has 2 rings (SSSR count). The molecule has 2 fully saturated rings. The summed E-state index contributed by atoms with van der Waals surface area (Å²) in [7, 11) is 0. The van der Waals surface area contributed by atoms with Gasteiger partial charge in [-0.1, -0.05) is 6.92 Å². The van der Waals surface area contributed by atoms with Gasteiger partial charge in [-0.2, -0.15) is 0 Å². The first-order valence-corrected chi connectivity index (χ1v) is 6.30. The second-order valence-electron chi connectivity index (χ2n) is 5.30. The topological polar surface area (TPSA) is 33.3 Å². The van der Waals surface area contributed by atoms with Crippen molar-refractivity contribution in [3.05, 3.63) is 0 Å². The van der Waals surface area contributed by atoms with Gasteiger partial charge in [0.1, 0.15) is 0 Å². The van der Waals surface area contributed by atoms with Gasteiger partial charge in [0.05, 0.1) is 13.2 Å². The lowest BCUT2D eigenvalue weighted by atomic mass is 10.0. The summed E-state index contributed by atoms with van der Waals surface area (Å²) in [5.74, 6) is 0.661. The summed E-state index contributed by atoms with van der Waals surface area (Å²) in [4.78, 5) is 0. The highest BCUT2D eigenvalue weighted by molar-refractivity contribution is 4.98. The fourth-order valence-corrected chi connectivity index (χ4v) is 2.10. The summed E-state index contributed by atoms with van der Waals surface area (Å²) in [6.45, 7) is 8.56. The van der Waals surface area contributed by atoms with Crippen LogP contribution >= 0.6 is 0 Å². The maximum Gasteiger partial charge on any atom is 0.0623 e. The van der Waals surface area contributed by atoms with Gasteiger partial charge in [0.25, 0.3) is 0 Å². The standard InChI is InChI=1S/C12H24N2O/c1-3-6-13-11-9-15-8-10(11)7-14-12(2)4-5-12/h10-11,13-14H,3-9H2,1-2H3. The molecule has 1 saturated heterocycles. The Morgan fingerprint density at radius 1 is 1.33 bits per heavy atom. The highest BCUT2D eigenvalue weighted by atomic mass is 16.5. The van der Waals surface area contributed by atoms with Gasteiger partial charge in [0.15, 0.2) is 0 Å². The zero-order chi connectivity index (χ0) is 10.7. The minimum Gasteiger partial charge on any atom is -0.379 e. The monoisotopic (exact) mass is 212 g/mol. The van der Waals surface area contributed by atoms with E-state index in [0.717, 1.165) is 26.3 Å². The molecule has 0 aromatic heterocycles. The molecule has 1 aliphatic heterocycles. The molecule has 0 radical (unpaired) electrons. The summed E-state index contributed by atoms with van der Waals surface area (Å²) < 4.78 is 5.55. The molecule has 3 heteroatoms. The van der Waals surface area contributed by atoms with E-state index in [-0.39, 0.29) is 0 Å². The van der Waals surface area contributed by atoms with E-state index in [1.165, 1.54) is 19.3 Å². The molecule has 1 heterocycles. The maximum atomic E-state index is 5.55. The minimum absolute atomic E-state index is 0.456. The van der Waals surface area contributed by atoms with Crippen molar-refractivity contribution in [2.45, 2.75) is 44.7 Å². The second kappa shape index (κ2) is 4.81. The van der Waals surface area contributed by atoms with Crippen molar-refractivity contribution in [3.63, 3.8) is 0 Å². The zero-order valence-corrected chi connectivity index (χ0v) is 10.0. The lowest BCUT2D eigenvalue weighted by molar-refractivity contribution is 0.181. The Hall–Kier alpha value is -0.120. The van der Waals surface area contributed by atoms with Gasteiger partial charge >= 0.3 is 0 Å². The van der Waals surface area contributed by atoms with Crippen LogP contribution in [0.5, 0.6) is 0 Å². The summed E-state index contributed by atoms with van der Waals surface area (Å²) in [5, 5.41) is 7.23. The van der Waals surface area contributed by atoms with Gasteiger partial charge in [0, 0.05) is 24.0 Å². The Balaban J connectivity index is 1.70. The summed E-state index contributed by atoms with van der Waals surface area (Å²) >= 11 is 0. The van der Waals surface area contributed by atoms with Crippen LogP contribution in [0.2, 0.25) is 0 Å². The van der Waals surface area contributed by atoms with Crippen molar-refractivity contribution < 1.29 is 4.74 Å². The van der Waals surface area contributed by atoms with Crippen LogP contribution in [0.1, 0.15) is 33.1 Å². The SMILES string of the molecule is CCCNC1COCC1CNC1(C)CC1. The van der Waals surface area contributed by atoms with Gasteiger partial charge < -0.3 is 15.4 Å². The van der Waals surface area contributed by atoms with Crippen LogP contribution in [0, 0.1) is 5.92 Å². The lowest BCUT2D eigenvalue weighted by Crippen LogP contribution is -2.43. The number of hydrogen-bond acceptors (Lipinski definition) is 3. The molecule has 2 unspecified atom stereocenters. The minimum atomic E-state index is 0.456. The Morgan fingerprint density at radius 3 is 2.80 bits per heavy atom. The van der Waals surface area contributed by atoms with Crippen LogP contribution < -0.4 is 10.6 Å². The average Bonchev–Trinajstić information content (AvgIpc) is 2.81. The highest BCUT2D eigenvalue weighted by Crippen LogP contribution is 2.34. The van der Waals surface area contributed by atoms with E-state index in [4.69, 9.17) is 4.74 Å². The van der Waals surface area contributed by atoms with Gasteiger partial charge in [-0.05, 0) is 32.7 Å². The van der Waals surface area contributed by atoms with E-state index in [9.17, 15) is 0 Å². The van der Waals surface area contributed by atoms with Gasteiger partial charge in [-0.3, -0.25) is 0 Å². The summed E-state index contributed by atoms with van der Waals surface area (Å²) in [6.07, 6.45) is 3.88. The molecule has 1 saturated carbocycles. The third-order valence-corrected chi connectivity index (χ3v) is 3.65. The molecule has 2 N–H and O–H groups in total. The number of nitrogens with one attached hydrogen (secondary N) is 2. The number of rotatable bonds is 6. The first-order chi connectivity index (χ1) is 7.23. The third-order valence-electron chi connectivity index (χ3n) is 3.65. The first kappa shape index (κ1) is 11.4. The smallest absolute Gasteiger partial charge is 0.0623 e. The van der Waals surface area contributed by atoms with Crippen molar-refractivity contribution >= 4 is 0 Å². The van der Waals surface area contributed by atoms with E-state index in [0.29, 0.717) is 17.5 Å². The van der Waals surface area contributed by atoms with Crippen LogP contribution in [-0.2, 0) is 4.74 Å². The predicted molar refractivity (Wildman–Crippen MR) is 62.0 cm³/mol. The zero-order valence-electron chi connectivity index (χ0n) is 10.0. The molecule has 1 aliphatic carbocycles. The van der Waals surface area contributed by atoms with Crippen molar-refractivity contribution in [3.8, 4) is 0 Å². The van der Waals surface area contributed by atoms with Crippen LogP contribution in [0.4, 0.5) is 0 Å². The van der Waals surface area contributed by atoms with Gasteiger partial charge in [-0.15, -0.1) is 0 Å². The molecule has 2 atom stereocenters. The third kappa shape index (κ3) is 3.16.